The second-order valence-corrected chi connectivity index (χ2v) is 6.47. The van der Waals surface area contributed by atoms with Gasteiger partial charge in [-0.3, -0.25) is 9.59 Å². The largest absolute Gasteiger partial charge is 0.330 e. The van der Waals surface area contributed by atoms with E-state index < -0.39 is 11.8 Å². The first-order valence-electron chi connectivity index (χ1n) is 7.01. The maximum Gasteiger partial charge on any atom is 0.313 e. The van der Waals surface area contributed by atoms with Crippen molar-refractivity contribution in [3.63, 3.8) is 0 Å². The molecule has 0 radical (unpaired) electrons. The molecule has 112 valence electrons. The Morgan fingerprint density at radius 2 is 1.76 bits per heavy atom. The van der Waals surface area contributed by atoms with Crippen molar-refractivity contribution in [3.05, 3.63) is 29.6 Å². The Kier molecular flexibility index (Phi) is 4.63. The van der Waals surface area contributed by atoms with Crippen molar-refractivity contribution in [2.75, 3.05) is 5.32 Å². The van der Waals surface area contributed by atoms with Gasteiger partial charge in [0.2, 0.25) is 0 Å². The normalized spacial score (nSPS) is 11.1. The van der Waals surface area contributed by atoms with Crippen molar-refractivity contribution >= 4 is 38.9 Å². The minimum Gasteiger partial charge on any atom is -0.330 e. The lowest BCUT2D eigenvalue weighted by Gasteiger charge is -2.29. The van der Waals surface area contributed by atoms with Crippen LogP contribution in [0.1, 0.15) is 27.7 Å². The highest BCUT2D eigenvalue weighted by Crippen LogP contribution is 2.24. The zero-order valence-corrected chi connectivity index (χ0v) is 13.5. The molecular formula is C16H20N2O2S. The number of hydrogen-bond donors (Lipinski definition) is 1. The predicted molar refractivity (Wildman–Crippen MR) is 87.6 cm³/mol. The Bertz CT molecular complexity index is 653. The van der Waals surface area contributed by atoms with Crippen molar-refractivity contribution in [2.24, 2.45) is 0 Å². The minimum atomic E-state index is -0.591. The topological polar surface area (TPSA) is 49.4 Å². The van der Waals surface area contributed by atoms with Crippen molar-refractivity contribution in [2.45, 2.75) is 39.8 Å². The summed E-state index contributed by atoms with van der Waals surface area (Å²) in [5.41, 5.74) is 0.645. The smallest absolute Gasteiger partial charge is 0.313 e. The van der Waals surface area contributed by atoms with Gasteiger partial charge in [0.15, 0.2) is 0 Å². The van der Waals surface area contributed by atoms with Crippen LogP contribution in [0.2, 0.25) is 0 Å². The van der Waals surface area contributed by atoms with E-state index in [1.54, 1.807) is 16.2 Å². The third kappa shape index (κ3) is 3.42. The Labute approximate surface area is 128 Å². The lowest BCUT2D eigenvalue weighted by Crippen LogP contribution is -2.47. The third-order valence-corrected chi connectivity index (χ3v) is 4.15. The number of thiophene rings is 1. The van der Waals surface area contributed by atoms with Gasteiger partial charge in [0.05, 0.1) is 0 Å². The number of amides is 2. The Morgan fingerprint density at radius 1 is 1.10 bits per heavy atom. The molecule has 2 amide bonds. The van der Waals surface area contributed by atoms with E-state index in [1.165, 1.54) is 0 Å². The van der Waals surface area contributed by atoms with E-state index in [0.29, 0.717) is 5.69 Å². The molecule has 0 aliphatic heterocycles. The molecule has 0 atom stereocenters. The predicted octanol–water partition coefficient (Wildman–Crippen LogP) is 3.49. The number of nitrogens with zero attached hydrogens (tertiary/aromatic N) is 1. The maximum atomic E-state index is 12.3. The molecule has 1 N–H and O–H groups in total. The van der Waals surface area contributed by atoms with Crippen LogP contribution in [0.3, 0.4) is 0 Å². The van der Waals surface area contributed by atoms with E-state index in [1.807, 2.05) is 57.3 Å². The maximum absolute atomic E-state index is 12.3. The summed E-state index contributed by atoms with van der Waals surface area (Å²) < 4.78 is 1.16. The minimum absolute atomic E-state index is 0.0115. The second-order valence-electron chi connectivity index (χ2n) is 5.53. The highest BCUT2D eigenvalue weighted by atomic mass is 32.1. The van der Waals surface area contributed by atoms with Gasteiger partial charge in [0, 0.05) is 22.5 Å². The first-order valence-corrected chi connectivity index (χ1v) is 7.89. The standard InChI is InChI=1S/C16H20N2O2S/c1-10(2)18(11(3)4)16(20)15(19)17-13-5-6-14-12(9-13)7-8-21-14/h5-11H,1-4H3,(H,17,19). The van der Waals surface area contributed by atoms with Crippen LogP contribution in [0.25, 0.3) is 10.1 Å². The van der Waals surface area contributed by atoms with Crippen LogP contribution in [0.15, 0.2) is 29.6 Å². The number of anilines is 1. The molecule has 1 aromatic heterocycles. The molecule has 0 saturated heterocycles. The van der Waals surface area contributed by atoms with Crippen LogP contribution in [0.4, 0.5) is 5.69 Å². The number of carbonyl (C=O) groups excluding carboxylic acids is 2. The van der Waals surface area contributed by atoms with Gasteiger partial charge in [-0.25, -0.2) is 0 Å². The number of nitrogens with one attached hydrogen (secondary N) is 1. The summed E-state index contributed by atoms with van der Waals surface area (Å²) in [5.74, 6) is -1.09. The van der Waals surface area contributed by atoms with Crippen molar-refractivity contribution in [3.8, 4) is 0 Å². The fourth-order valence-electron chi connectivity index (χ4n) is 2.41. The Hall–Kier alpha value is -1.88. The summed E-state index contributed by atoms with van der Waals surface area (Å²) in [4.78, 5) is 26.0. The monoisotopic (exact) mass is 304 g/mol. The van der Waals surface area contributed by atoms with E-state index in [4.69, 9.17) is 0 Å². The average Bonchev–Trinajstić information content (AvgIpc) is 2.85. The molecule has 2 aromatic rings. The number of carbonyl (C=O) groups is 2. The molecule has 0 bridgehead atoms. The highest BCUT2D eigenvalue weighted by molar-refractivity contribution is 7.17. The molecule has 5 heteroatoms. The molecule has 1 aromatic carbocycles. The fourth-order valence-corrected chi connectivity index (χ4v) is 3.18. The molecule has 0 saturated carbocycles. The molecule has 0 fully saturated rings. The van der Waals surface area contributed by atoms with Gasteiger partial charge < -0.3 is 10.2 Å². The average molecular weight is 304 g/mol. The molecule has 21 heavy (non-hydrogen) atoms. The number of benzene rings is 1. The van der Waals surface area contributed by atoms with Gasteiger partial charge in [-0.1, -0.05) is 0 Å². The number of rotatable bonds is 3. The summed E-state index contributed by atoms with van der Waals surface area (Å²) in [6, 6.07) is 7.62. The van der Waals surface area contributed by atoms with Crippen molar-refractivity contribution in [1.82, 2.24) is 4.90 Å². The van der Waals surface area contributed by atoms with Crippen LogP contribution in [0, 0.1) is 0 Å². The fraction of sp³-hybridized carbons (Fsp3) is 0.375. The highest BCUT2D eigenvalue weighted by Gasteiger charge is 2.26. The first-order chi connectivity index (χ1) is 9.90. The molecular weight excluding hydrogens is 284 g/mol. The van der Waals surface area contributed by atoms with Crippen LogP contribution >= 0.6 is 11.3 Å². The van der Waals surface area contributed by atoms with Crippen LogP contribution in [0.5, 0.6) is 0 Å². The van der Waals surface area contributed by atoms with Gasteiger partial charge in [-0.15, -0.1) is 11.3 Å². The molecule has 4 nitrogen and oxygen atoms in total. The third-order valence-electron chi connectivity index (χ3n) is 3.25. The van der Waals surface area contributed by atoms with Gasteiger partial charge in [0.1, 0.15) is 0 Å². The van der Waals surface area contributed by atoms with Crippen LogP contribution in [-0.2, 0) is 9.59 Å². The lowest BCUT2D eigenvalue weighted by molar-refractivity contribution is -0.145. The molecule has 2 rings (SSSR count). The zero-order chi connectivity index (χ0) is 15.6. The van der Waals surface area contributed by atoms with Gasteiger partial charge in [-0.2, -0.15) is 0 Å². The summed E-state index contributed by atoms with van der Waals surface area (Å²) in [7, 11) is 0. The summed E-state index contributed by atoms with van der Waals surface area (Å²) in [6.07, 6.45) is 0. The van der Waals surface area contributed by atoms with Crippen LogP contribution < -0.4 is 5.32 Å². The number of fused-ring (bicyclic) bond motifs is 1. The van der Waals surface area contributed by atoms with E-state index in [2.05, 4.69) is 5.32 Å². The molecule has 0 spiro atoms. The van der Waals surface area contributed by atoms with E-state index in [-0.39, 0.29) is 12.1 Å². The second kappa shape index (κ2) is 6.26. The van der Waals surface area contributed by atoms with E-state index >= 15 is 0 Å². The Morgan fingerprint density at radius 3 is 2.38 bits per heavy atom. The van der Waals surface area contributed by atoms with Gasteiger partial charge in [0.25, 0.3) is 0 Å². The quantitative estimate of drug-likeness (QED) is 0.883. The van der Waals surface area contributed by atoms with Gasteiger partial charge in [-0.05, 0) is 62.7 Å². The zero-order valence-electron chi connectivity index (χ0n) is 12.7. The molecule has 0 aliphatic carbocycles. The molecule has 1 heterocycles. The van der Waals surface area contributed by atoms with E-state index in [9.17, 15) is 9.59 Å². The molecule has 0 unspecified atom stereocenters. The summed E-state index contributed by atoms with van der Waals surface area (Å²) in [5, 5.41) is 5.75. The van der Waals surface area contributed by atoms with Crippen molar-refractivity contribution in [1.29, 1.82) is 0 Å². The van der Waals surface area contributed by atoms with E-state index in [0.717, 1.165) is 10.1 Å². The van der Waals surface area contributed by atoms with Crippen LogP contribution in [-0.4, -0.2) is 28.8 Å². The Balaban J connectivity index is 2.14. The SMILES string of the molecule is CC(C)N(C(=O)C(=O)Nc1ccc2sccc2c1)C(C)C. The van der Waals surface area contributed by atoms with Crippen molar-refractivity contribution < 1.29 is 9.59 Å². The number of hydrogen-bond acceptors (Lipinski definition) is 3. The summed E-state index contributed by atoms with van der Waals surface area (Å²) in [6.45, 7) is 7.62. The van der Waals surface area contributed by atoms with Gasteiger partial charge >= 0.3 is 11.8 Å². The first kappa shape index (κ1) is 15.5. The lowest BCUT2D eigenvalue weighted by atomic mass is 10.2. The molecule has 0 aliphatic rings. The summed E-state index contributed by atoms with van der Waals surface area (Å²) >= 11 is 1.65.